The zero-order chi connectivity index (χ0) is 7.56. The van der Waals surface area contributed by atoms with E-state index in [0.717, 1.165) is 6.20 Å². The van der Waals surface area contributed by atoms with Crippen LogP contribution in [0.3, 0.4) is 0 Å². The van der Waals surface area contributed by atoms with Crippen LogP contribution in [0.1, 0.15) is 13.4 Å². The molecule has 0 fully saturated rings. The summed E-state index contributed by atoms with van der Waals surface area (Å²) in [6.07, 6.45) is -1.48. The van der Waals surface area contributed by atoms with Crippen molar-refractivity contribution in [2.24, 2.45) is 0 Å². The van der Waals surface area contributed by atoms with Crippen LogP contribution >= 0.6 is 0 Å². The van der Waals surface area contributed by atoms with E-state index in [4.69, 9.17) is 1.37 Å². The smallest absolute Gasteiger partial charge is 0.264 e. The summed E-state index contributed by atoms with van der Waals surface area (Å²) in [5.74, 6) is 0. The molecule has 0 N–H and O–H groups in total. The van der Waals surface area contributed by atoms with Crippen LogP contribution in [0.2, 0.25) is 0 Å². The van der Waals surface area contributed by atoms with E-state index in [0.29, 0.717) is 0 Å². The van der Waals surface area contributed by atoms with Crippen molar-refractivity contribution in [3.63, 3.8) is 0 Å². The van der Waals surface area contributed by atoms with Gasteiger partial charge in [0.2, 0.25) is 0 Å². The average molecular weight is 130 g/mol. The predicted octanol–water partition coefficient (Wildman–Crippen LogP) is 2.02. The van der Waals surface area contributed by atoms with E-state index in [1.807, 2.05) is 0 Å². The topological polar surface area (TPSA) is 12.9 Å². The van der Waals surface area contributed by atoms with E-state index in [9.17, 15) is 8.78 Å². The summed E-state index contributed by atoms with van der Waals surface area (Å²) in [5.41, 5.74) is -0.143. The summed E-state index contributed by atoms with van der Waals surface area (Å²) < 4.78 is 30.5. The van der Waals surface area contributed by atoms with Crippen molar-refractivity contribution in [1.29, 1.82) is 0 Å². The number of aromatic nitrogens is 1. The molecular weight excluding hydrogens is 124 g/mol. The normalized spacial score (nSPS) is 11.7. The third kappa shape index (κ3) is 1.45. The first-order valence-electron chi connectivity index (χ1n) is 2.91. The fraction of sp³-hybridized carbons (Fsp3) is 0.167. The maximum Gasteiger partial charge on any atom is 0.265 e. The second-order valence-electron chi connectivity index (χ2n) is 1.52. The molecule has 1 rings (SSSR count). The highest BCUT2D eigenvalue weighted by molar-refractivity contribution is 5.09. The summed E-state index contributed by atoms with van der Waals surface area (Å²) in [4.78, 5) is 3.39. The summed E-state index contributed by atoms with van der Waals surface area (Å²) in [5, 5.41) is 0. The van der Waals surface area contributed by atoms with Gasteiger partial charge in [0.25, 0.3) is 6.43 Å². The number of hydrogen-bond acceptors (Lipinski definition) is 1. The first kappa shape index (κ1) is 4.85. The van der Waals surface area contributed by atoms with E-state index in [2.05, 4.69) is 4.98 Å². The molecule has 0 bridgehead atoms. The Morgan fingerprint density at radius 2 is 2.44 bits per heavy atom. The average Bonchev–Trinajstić information content (AvgIpc) is 1.88. The molecule has 0 radical (unpaired) electrons. The first-order chi connectivity index (χ1) is 4.70. The molecule has 1 heterocycles. The van der Waals surface area contributed by atoms with Crippen LogP contribution in [0.4, 0.5) is 8.78 Å². The molecule has 0 spiro atoms. The van der Waals surface area contributed by atoms with Gasteiger partial charge in [-0.2, -0.15) is 0 Å². The van der Waals surface area contributed by atoms with Crippen LogP contribution in [0.5, 0.6) is 0 Å². The van der Waals surface area contributed by atoms with Gasteiger partial charge in [0.1, 0.15) is 0 Å². The number of hydrogen-bond donors (Lipinski definition) is 0. The molecule has 0 amide bonds. The van der Waals surface area contributed by atoms with Gasteiger partial charge in [0, 0.05) is 17.9 Å². The van der Waals surface area contributed by atoms with Crippen molar-refractivity contribution in [1.82, 2.24) is 4.98 Å². The van der Waals surface area contributed by atoms with Gasteiger partial charge in [0.05, 0.1) is 1.37 Å². The van der Waals surface area contributed by atoms with Gasteiger partial charge < -0.3 is 0 Å². The zero-order valence-corrected chi connectivity index (χ0v) is 4.51. The van der Waals surface area contributed by atoms with Gasteiger partial charge in [-0.05, 0) is 6.07 Å². The fourth-order valence-electron chi connectivity index (χ4n) is 0.460. The van der Waals surface area contributed by atoms with E-state index in [-0.39, 0.29) is 11.7 Å². The Morgan fingerprint density at radius 1 is 1.67 bits per heavy atom. The van der Waals surface area contributed by atoms with Gasteiger partial charge in [-0.3, -0.25) is 4.98 Å². The Labute approximate surface area is 52.8 Å². The minimum atomic E-state index is -2.49. The molecule has 0 aliphatic heterocycles. The summed E-state index contributed by atoms with van der Waals surface area (Å²) >= 11 is 0. The Balaban J connectivity index is 2.89. The molecule has 1 nitrogen and oxygen atoms in total. The van der Waals surface area contributed by atoms with Crippen LogP contribution in [0.25, 0.3) is 0 Å². The van der Waals surface area contributed by atoms with Crippen LogP contribution in [-0.4, -0.2) is 4.98 Å². The monoisotopic (exact) mass is 130 g/mol. The SMILES string of the molecule is [2H]c1ccc(C(F)F)cn1. The van der Waals surface area contributed by atoms with Crippen molar-refractivity contribution in [2.45, 2.75) is 6.43 Å². The van der Waals surface area contributed by atoms with Crippen LogP contribution in [-0.2, 0) is 0 Å². The van der Waals surface area contributed by atoms with Crippen LogP contribution < -0.4 is 0 Å². The third-order valence-electron chi connectivity index (χ3n) is 0.890. The Hall–Kier alpha value is -0.990. The highest BCUT2D eigenvalue weighted by Crippen LogP contribution is 2.15. The summed E-state index contributed by atoms with van der Waals surface area (Å²) in [7, 11) is 0. The molecule has 48 valence electrons. The number of halogens is 2. The molecule has 1 aromatic rings. The van der Waals surface area contributed by atoms with Crippen LogP contribution in [0.15, 0.2) is 24.5 Å². The van der Waals surface area contributed by atoms with Crippen molar-refractivity contribution in [3.05, 3.63) is 30.1 Å². The van der Waals surface area contributed by atoms with E-state index >= 15 is 0 Å². The van der Waals surface area contributed by atoms with Crippen molar-refractivity contribution in [3.8, 4) is 0 Å². The Kier molecular flexibility index (Phi) is 1.36. The van der Waals surface area contributed by atoms with Gasteiger partial charge in [-0.15, -0.1) is 0 Å². The minimum Gasteiger partial charge on any atom is -0.264 e. The molecule has 0 aromatic carbocycles. The molecule has 3 heteroatoms. The molecule has 0 atom stereocenters. The van der Waals surface area contributed by atoms with Gasteiger partial charge >= 0.3 is 0 Å². The highest BCUT2D eigenvalue weighted by Gasteiger charge is 2.03. The van der Waals surface area contributed by atoms with Crippen molar-refractivity contribution < 1.29 is 10.2 Å². The Morgan fingerprint density at radius 3 is 2.89 bits per heavy atom. The van der Waals surface area contributed by atoms with Gasteiger partial charge in [-0.25, -0.2) is 8.78 Å². The summed E-state index contributed by atoms with van der Waals surface area (Å²) in [6.45, 7) is 0. The first-order valence-corrected chi connectivity index (χ1v) is 2.41. The molecule has 0 aliphatic carbocycles. The lowest BCUT2D eigenvalue weighted by Gasteiger charge is -1.93. The van der Waals surface area contributed by atoms with Crippen molar-refractivity contribution in [2.75, 3.05) is 0 Å². The lowest BCUT2D eigenvalue weighted by Crippen LogP contribution is -1.82. The van der Waals surface area contributed by atoms with E-state index in [1.54, 1.807) is 0 Å². The zero-order valence-electron chi connectivity index (χ0n) is 5.51. The lowest BCUT2D eigenvalue weighted by atomic mass is 10.3. The second kappa shape index (κ2) is 2.53. The molecule has 9 heavy (non-hydrogen) atoms. The molecule has 0 unspecified atom stereocenters. The number of pyridine rings is 1. The number of alkyl halides is 2. The highest BCUT2D eigenvalue weighted by atomic mass is 19.3. The molecule has 0 saturated carbocycles. The molecular formula is C6H5F2N. The number of rotatable bonds is 1. The molecule has 1 aromatic heterocycles. The fourth-order valence-corrected chi connectivity index (χ4v) is 0.460. The minimum absolute atomic E-state index is 0.00407. The predicted molar refractivity (Wildman–Crippen MR) is 29.2 cm³/mol. The quantitative estimate of drug-likeness (QED) is 0.566. The maximum atomic E-state index is 11.8. The van der Waals surface area contributed by atoms with Crippen LogP contribution in [0, 0.1) is 0 Å². The van der Waals surface area contributed by atoms with E-state index < -0.39 is 6.43 Å². The largest absolute Gasteiger partial charge is 0.265 e. The van der Waals surface area contributed by atoms with Gasteiger partial charge in [0.15, 0.2) is 0 Å². The van der Waals surface area contributed by atoms with Gasteiger partial charge in [-0.1, -0.05) is 6.07 Å². The molecule has 0 saturated heterocycles. The Bertz CT molecular complexity index is 209. The number of nitrogens with zero attached hydrogens (tertiary/aromatic N) is 1. The second-order valence-corrected chi connectivity index (χ2v) is 1.52. The summed E-state index contributed by atoms with van der Waals surface area (Å²) in [6, 6.07) is 2.43. The lowest BCUT2D eigenvalue weighted by molar-refractivity contribution is 0.151. The standard InChI is InChI=1S/C6H5F2N/c7-6(8)5-2-1-3-9-4-5/h1-4,6H/i3D. The van der Waals surface area contributed by atoms with Crippen molar-refractivity contribution >= 4 is 0 Å². The molecule has 0 aliphatic rings. The van der Waals surface area contributed by atoms with E-state index in [1.165, 1.54) is 12.1 Å². The maximum absolute atomic E-state index is 11.8. The third-order valence-corrected chi connectivity index (χ3v) is 0.890.